The van der Waals surface area contributed by atoms with Crippen molar-refractivity contribution >= 4 is 28.6 Å². The Morgan fingerprint density at radius 3 is 2.64 bits per heavy atom. The molecular weight excluding hydrogens is 441 g/mol. The van der Waals surface area contributed by atoms with Gasteiger partial charge in [-0.2, -0.15) is 4.98 Å². The summed E-state index contributed by atoms with van der Waals surface area (Å²) in [5, 5.41) is 13.4. The average Bonchev–Trinajstić information content (AvgIpc) is 3.46. The molecule has 1 aliphatic carbocycles. The summed E-state index contributed by atoms with van der Waals surface area (Å²) in [4.78, 5) is 14.5. The third-order valence-electron chi connectivity index (χ3n) is 7.72. The zero-order valence-electron chi connectivity index (χ0n) is 18.8. The van der Waals surface area contributed by atoms with E-state index in [1.54, 1.807) is 0 Å². The Kier molecular flexibility index (Phi) is 5.38. The van der Waals surface area contributed by atoms with E-state index in [9.17, 15) is 9.66 Å². The van der Waals surface area contributed by atoms with Gasteiger partial charge in [-0.25, -0.2) is 9.37 Å². The van der Waals surface area contributed by atoms with Crippen molar-refractivity contribution in [3.63, 3.8) is 0 Å². The Morgan fingerprint density at radius 2 is 1.91 bits per heavy atom. The molecule has 176 valence electrons. The van der Waals surface area contributed by atoms with Crippen molar-refractivity contribution in [1.82, 2.24) is 9.97 Å². The van der Waals surface area contributed by atoms with Crippen molar-refractivity contribution in [2.24, 2.45) is 0 Å². The molecule has 1 atom stereocenters. The van der Waals surface area contributed by atoms with Crippen LogP contribution in [0.5, 0.6) is 0 Å². The van der Waals surface area contributed by atoms with Gasteiger partial charge in [0.25, 0.3) is 0 Å². The first-order valence-electron chi connectivity index (χ1n) is 12.1. The third kappa shape index (κ3) is 3.65. The fourth-order valence-corrected chi connectivity index (χ4v) is 6.86. The zero-order chi connectivity index (χ0) is 22.6. The molecule has 7 nitrogen and oxygen atoms in total. The summed E-state index contributed by atoms with van der Waals surface area (Å²) < 4.78 is 28.0. The molecule has 0 radical (unpaired) electrons. The van der Waals surface area contributed by atoms with E-state index in [0.29, 0.717) is 48.3 Å². The molecular formula is C24H30FN5O2S. The molecule has 4 heterocycles. The Labute approximate surface area is 196 Å². The summed E-state index contributed by atoms with van der Waals surface area (Å²) in [7, 11) is 0. The van der Waals surface area contributed by atoms with E-state index in [0.717, 1.165) is 67.7 Å². The number of hydrogen-bond donors (Lipinski definition) is 2. The molecule has 1 aromatic heterocycles. The van der Waals surface area contributed by atoms with Crippen LogP contribution in [-0.2, 0) is 30.6 Å². The third-order valence-corrected chi connectivity index (χ3v) is 9.17. The SMILES string of the molecule is [O-][S@+]1CCc2nc(N3CCc4c(ccc(N5CCCC5)c4F)C3)nc(NC3(CO)CCC3)c21. The minimum absolute atomic E-state index is 0.0312. The summed E-state index contributed by atoms with van der Waals surface area (Å²) >= 11 is -1.12. The predicted octanol–water partition coefficient (Wildman–Crippen LogP) is 2.77. The first kappa shape index (κ1) is 21.4. The van der Waals surface area contributed by atoms with Crippen molar-refractivity contribution in [3.05, 3.63) is 34.8 Å². The van der Waals surface area contributed by atoms with Crippen LogP contribution < -0.4 is 15.1 Å². The Bertz CT molecular complexity index is 1070. The second-order valence-electron chi connectivity index (χ2n) is 9.77. The van der Waals surface area contributed by atoms with Crippen molar-refractivity contribution in [1.29, 1.82) is 0 Å². The second kappa shape index (κ2) is 8.29. The maximum Gasteiger partial charge on any atom is 0.228 e. The summed E-state index contributed by atoms with van der Waals surface area (Å²) in [6.45, 7) is 3.08. The smallest absolute Gasteiger partial charge is 0.228 e. The number of fused-ring (bicyclic) bond motifs is 2. The van der Waals surface area contributed by atoms with E-state index < -0.39 is 11.2 Å². The molecule has 9 heteroatoms. The molecule has 0 bridgehead atoms. The van der Waals surface area contributed by atoms with Gasteiger partial charge in [0.1, 0.15) is 17.3 Å². The standard InChI is InChI=1S/C24H30FN5O2S/c25-20-17-6-12-30(14-16(17)4-5-19(20)29-10-1-2-11-29)23-26-18-7-13-33(32)21(18)22(27-23)28-24(15-31)8-3-9-24/h4-5,31H,1-3,6-15H2,(H,26,27,28)/t33-/m1/s1. The Morgan fingerprint density at radius 1 is 1.09 bits per heavy atom. The largest absolute Gasteiger partial charge is 0.611 e. The lowest BCUT2D eigenvalue weighted by Crippen LogP contribution is -2.49. The molecule has 3 aliphatic heterocycles. The second-order valence-corrected chi connectivity index (χ2v) is 11.3. The molecule has 0 spiro atoms. The van der Waals surface area contributed by atoms with Crippen molar-refractivity contribution < 1.29 is 14.0 Å². The number of aryl methyl sites for hydroxylation is 1. The highest BCUT2D eigenvalue weighted by molar-refractivity contribution is 7.91. The lowest BCUT2D eigenvalue weighted by Gasteiger charge is -2.41. The number of aliphatic hydroxyl groups excluding tert-OH is 1. The van der Waals surface area contributed by atoms with Crippen LogP contribution >= 0.6 is 0 Å². The van der Waals surface area contributed by atoms with Gasteiger partial charge in [0.15, 0.2) is 5.82 Å². The van der Waals surface area contributed by atoms with E-state index in [1.165, 1.54) is 0 Å². The Balaban J connectivity index is 1.30. The average molecular weight is 472 g/mol. The molecule has 0 unspecified atom stereocenters. The monoisotopic (exact) mass is 471 g/mol. The van der Waals surface area contributed by atoms with Gasteiger partial charge in [0.2, 0.25) is 10.8 Å². The van der Waals surface area contributed by atoms with E-state index >= 15 is 4.39 Å². The van der Waals surface area contributed by atoms with E-state index in [4.69, 9.17) is 9.97 Å². The van der Waals surface area contributed by atoms with E-state index in [2.05, 4.69) is 21.2 Å². The molecule has 1 aromatic carbocycles. The first-order chi connectivity index (χ1) is 16.1. The van der Waals surface area contributed by atoms with Crippen LogP contribution in [-0.4, -0.2) is 57.2 Å². The van der Waals surface area contributed by atoms with Crippen molar-refractivity contribution in [2.45, 2.75) is 61.9 Å². The summed E-state index contributed by atoms with van der Waals surface area (Å²) in [5.41, 5.74) is 2.97. The van der Waals surface area contributed by atoms with E-state index in [1.807, 2.05) is 6.07 Å². The molecule has 2 fully saturated rings. The fraction of sp³-hybridized carbons (Fsp3) is 0.583. The van der Waals surface area contributed by atoms with Crippen molar-refractivity contribution in [2.75, 3.05) is 47.1 Å². The van der Waals surface area contributed by atoms with Crippen LogP contribution in [0.15, 0.2) is 17.0 Å². The minimum atomic E-state index is -1.12. The van der Waals surface area contributed by atoms with Crippen molar-refractivity contribution in [3.8, 4) is 0 Å². The zero-order valence-corrected chi connectivity index (χ0v) is 19.6. The lowest BCUT2D eigenvalue weighted by atomic mass is 9.77. The molecule has 2 N–H and O–H groups in total. The summed E-state index contributed by atoms with van der Waals surface area (Å²) in [6, 6.07) is 3.97. The molecule has 6 rings (SSSR count). The number of aliphatic hydroxyl groups is 1. The highest BCUT2D eigenvalue weighted by Crippen LogP contribution is 2.40. The minimum Gasteiger partial charge on any atom is -0.611 e. The topological polar surface area (TPSA) is 87.6 Å². The number of hydrogen-bond acceptors (Lipinski definition) is 7. The van der Waals surface area contributed by atoms with Crippen LogP contribution in [0.1, 0.15) is 48.9 Å². The number of nitrogens with one attached hydrogen (secondary N) is 1. The van der Waals surface area contributed by atoms with Gasteiger partial charge >= 0.3 is 0 Å². The Hall–Kier alpha value is -2.10. The molecule has 1 saturated carbocycles. The van der Waals surface area contributed by atoms with Gasteiger partial charge in [-0.15, -0.1) is 0 Å². The van der Waals surface area contributed by atoms with Gasteiger partial charge in [-0.1, -0.05) is 6.07 Å². The number of nitrogens with zero attached hydrogens (tertiary/aromatic N) is 4. The number of anilines is 3. The maximum absolute atomic E-state index is 15.3. The van der Waals surface area contributed by atoms with Crippen LogP contribution in [0.3, 0.4) is 0 Å². The van der Waals surface area contributed by atoms with Gasteiger partial charge in [0, 0.05) is 32.6 Å². The normalized spacial score (nSPS) is 23.3. The van der Waals surface area contributed by atoms with E-state index in [-0.39, 0.29) is 18.0 Å². The summed E-state index contributed by atoms with van der Waals surface area (Å²) in [6.07, 6.45) is 6.33. The quantitative estimate of drug-likeness (QED) is 0.649. The van der Waals surface area contributed by atoms with Gasteiger partial charge in [0.05, 0.1) is 17.8 Å². The van der Waals surface area contributed by atoms with Gasteiger partial charge in [-0.05, 0) is 66.9 Å². The first-order valence-corrected chi connectivity index (χ1v) is 13.4. The number of benzene rings is 1. The van der Waals surface area contributed by atoms with Crippen LogP contribution in [0.4, 0.5) is 21.8 Å². The van der Waals surface area contributed by atoms with Crippen LogP contribution in [0, 0.1) is 5.82 Å². The van der Waals surface area contributed by atoms with Gasteiger partial charge < -0.3 is 24.8 Å². The highest BCUT2D eigenvalue weighted by Gasteiger charge is 2.41. The van der Waals surface area contributed by atoms with Crippen LogP contribution in [0.25, 0.3) is 0 Å². The highest BCUT2D eigenvalue weighted by atomic mass is 32.2. The molecule has 0 amide bonds. The van der Waals surface area contributed by atoms with Crippen LogP contribution in [0.2, 0.25) is 0 Å². The number of aromatic nitrogens is 2. The number of rotatable bonds is 5. The molecule has 33 heavy (non-hydrogen) atoms. The fourth-order valence-electron chi connectivity index (χ4n) is 5.56. The summed E-state index contributed by atoms with van der Waals surface area (Å²) in [5.74, 6) is 1.68. The maximum atomic E-state index is 15.3. The molecule has 4 aliphatic rings. The van der Waals surface area contributed by atoms with Gasteiger partial charge in [-0.3, -0.25) is 0 Å². The predicted molar refractivity (Wildman–Crippen MR) is 127 cm³/mol. The molecule has 1 saturated heterocycles. The lowest BCUT2D eigenvalue weighted by molar-refractivity contribution is 0.143. The number of halogens is 1. The molecule has 2 aromatic rings.